The van der Waals surface area contributed by atoms with Crippen LogP contribution in [0.4, 0.5) is 0 Å². The van der Waals surface area contributed by atoms with Gasteiger partial charge < -0.3 is 15.2 Å². The maximum atomic E-state index is 9.24. The highest BCUT2D eigenvalue weighted by Gasteiger charge is 2.11. The zero-order valence-electron chi connectivity index (χ0n) is 8.96. The molecule has 0 saturated carbocycles. The van der Waals surface area contributed by atoms with Crippen LogP contribution in [0.2, 0.25) is 0 Å². The lowest BCUT2D eigenvalue weighted by atomic mass is 10.00. The van der Waals surface area contributed by atoms with Crippen molar-refractivity contribution in [1.29, 1.82) is 0 Å². The zero-order valence-corrected chi connectivity index (χ0v) is 10.5. The predicted octanol–water partition coefficient (Wildman–Crippen LogP) is 1.75. The average molecular weight is 274 g/mol. The topological polar surface area (TPSA) is 41.5 Å². The summed E-state index contributed by atoms with van der Waals surface area (Å²) in [7, 11) is 3.51. The summed E-state index contributed by atoms with van der Waals surface area (Å²) in [6.45, 7) is 0.898. The number of hydrogen-bond acceptors (Lipinski definition) is 3. The van der Waals surface area contributed by atoms with Crippen LogP contribution in [-0.4, -0.2) is 32.4 Å². The van der Waals surface area contributed by atoms with Crippen molar-refractivity contribution in [2.45, 2.75) is 5.92 Å². The summed E-state index contributed by atoms with van der Waals surface area (Å²) < 4.78 is 6.06. The molecule has 1 aromatic rings. The molecule has 1 aromatic carbocycles. The minimum absolute atomic E-state index is 0.122. The van der Waals surface area contributed by atoms with Crippen LogP contribution in [0, 0.1) is 0 Å². The molecular formula is C11H16BrNO2. The van der Waals surface area contributed by atoms with Crippen molar-refractivity contribution in [3.05, 3.63) is 28.2 Å². The van der Waals surface area contributed by atoms with E-state index in [1.54, 1.807) is 7.11 Å². The van der Waals surface area contributed by atoms with Crippen LogP contribution in [0.5, 0.6) is 5.75 Å². The number of rotatable bonds is 5. The molecule has 0 heterocycles. The molecule has 0 radical (unpaired) electrons. The molecule has 3 nitrogen and oxygen atoms in total. The molecule has 0 fully saturated rings. The summed E-state index contributed by atoms with van der Waals surface area (Å²) in [6.07, 6.45) is 0. The Labute approximate surface area is 98.6 Å². The molecule has 0 bridgehead atoms. The highest BCUT2D eigenvalue weighted by molar-refractivity contribution is 9.10. The third kappa shape index (κ3) is 3.19. The van der Waals surface area contributed by atoms with E-state index in [2.05, 4.69) is 21.2 Å². The molecular weight excluding hydrogens is 258 g/mol. The molecule has 15 heavy (non-hydrogen) atoms. The van der Waals surface area contributed by atoms with E-state index in [4.69, 9.17) is 4.74 Å². The Balaban J connectivity index is 2.89. The van der Waals surface area contributed by atoms with Crippen molar-refractivity contribution in [1.82, 2.24) is 5.32 Å². The van der Waals surface area contributed by atoms with Gasteiger partial charge in [-0.3, -0.25) is 0 Å². The number of aliphatic hydroxyl groups is 1. The lowest BCUT2D eigenvalue weighted by molar-refractivity contribution is 0.263. The Morgan fingerprint density at radius 2 is 2.27 bits per heavy atom. The Kier molecular flexibility index (Phi) is 5.08. The maximum Gasteiger partial charge on any atom is 0.133 e. The molecule has 0 spiro atoms. The summed E-state index contributed by atoms with van der Waals surface area (Å²) in [4.78, 5) is 0. The molecule has 0 aromatic heterocycles. The molecule has 0 aliphatic rings. The van der Waals surface area contributed by atoms with Gasteiger partial charge in [0.25, 0.3) is 0 Å². The van der Waals surface area contributed by atoms with Gasteiger partial charge in [0.1, 0.15) is 5.75 Å². The highest BCUT2D eigenvalue weighted by atomic mass is 79.9. The van der Waals surface area contributed by atoms with Crippen LogP contribution in [0.15, 0.2) is 22.7 Å². The second kappa shape index (κ2) is 6.10. The van der Waals surface area contributed by atoms with Crippen LogP contribution in [0.25, 0.3) is 0 Å². The molecule has 0 aliphatic carbocycles. The number of nitrogens with one attached hydrogen (secondary N) is 1. The zero-order chi connectivity index (χ0) is 11.3. The number of likely N-dealkylation sites (N-methyl/N-ethyl adjacent to an activating group) is 1. The van der Waals surface area contributed by atoms with Crippen LogP contribution in [-0.2, 0) is 0 Å². The molecule has 2 N–H and O–H groups in total. The summed E-state index contributed by atoms with van der Waals surface area (Å²) in [5.74, 6) is 0.928. The SMILES string of the molecule is CNCC(CO)c1ccc(OC)c(Br)c1. The van der Waals surface area contributed by atoms with E-state index >= 15 is 0 Å². The van der Waals surface area contributed by atoms with E-state index < -0.39 is 0 Å². The van der Waals surface area contributed by atoms with Gasteiger partial charge in [-0.25, -0.2) is 0 Å². The third-order valence-electron chi connectivity index (χ3n) is 2.32. The van der Waals surface area contributed by atoms with Crippen molar-refractivity contribution >= 4 is 15.9 Å². The van der Waals surface area contributed by atoms with E-state index in [1.165, 1.54) is 0 Å². The minimum Gasteiger partial charge on any atom is -0.496 e. The first-order valence-corrected chi connectivity index (χ1v) is 5.61. The molecule has 84 valence electrons. The Bertz CT molecular complexity index is 317. The third-order valence-corrected chi connectivity index (χ3v) is 2.94. The van der Waals surface area contributed by atoms with Gasteiger partial charge >= 0.3 is 0 Å². The van der Waals surface area contributed by atoms with Gasteiger partial charge in [-0.05, 0) is 40.7 Å². The van der Waals surface area contributed by atoms with Gasteiger partial charge in [0.15, 0.2) is 0 Å². The predicted molar refractivity (Wildman–Crippen MR) is 64.4 cm³/mol. The largest absolute Gasteiger partial charge is 0.496 e. The Hall–Kier alpha value is -0.580. The van der Waals surface area contributed by atoms with E-state index in [0.717, 1.165) is 22.3 Å². The number of halogens is 1. The van der Waals surface area contributed by atoms with Gasteiger partial charge in [0.2, 0.25) is 0 Å². The number of methoxy groups -OCH3 is 1. The van der Waals surface area contributed by atoms with Crippen molar-refractivity contribution in [2.24, 2.45) is 0 Å². The van der Waals surface area contributed by atoms with Crippen molar-refractivity contribution in [2.75, 3.05) is 27.3 Å². The molecule has 1 unspecified atom stereocenters. The fourth-order valence-corrected chi connectivity index (χ4v) is 2.03. The van der Waals surface area contributed by atoms with Gasteiger partial charge in [0.05, 0.1) is 18.2 Å². The van der Waals surface area contributed by atoms with Crippen LogP contribution in [0.3, 0.4) is 0 Å². The maximum absolute atomic E-state index is 9.24. The molecule has 0 saturated heterocycles. The van der Waals surface area contributed by atoms with Crippen LogP contribution in [0.1, 0.15) is 11.5 Å². The number of hydrogen-bond donors (Lipinski definition) is 2. The Morgan fingerprint density at radius 1 is 1.53 bits per heavy atom. The van der Waals surface area contributed by atoms with Crippen molar-refractivity contribution in [3.63, 3.8) is 0 Å². The van der Waals surface area contributed by atoms with Gasteiger partial charge in [-0.1, -0.05) is 6.07 Å². The summed E-state index contributed by atoms with van der Waals surface area (Å²) in [6, 6.07) is 5.86. The fraction of sp³-hybridized carbons (Fsp3) is 0.455. The molecule has 4 heteroatoms. The molecule has 1 rings (SSSR count). The van der Waals surface area contributed by atoms with Gasteiger partial charge in [0, 0.05) is 12.5 Å². The first-order valence-electron chi connectivity index (χ1n) is 4.81. The standard InChI is InChI=1S/C11H16BrNO2/c1-13-6-9(7-14)8-3-4-11(15-2)10(12)5-8/h3-5,9,13-14H,6-7H2,1-2H3. The molecule has 1 atom stereocenters. The first-order chi connectivity index (χ1) is 7.22. The Morgan fingerprint density at radius 3 is 2.73 bits per heavy atom. The van der Waals surface area contributed by atoms with Crippen LogP contribution >= 0.6 is 15.9 Å². The van der Waals surface area contributed by atoms with E-state index in [1.807, 2.05) is 25.2 Å². The van der Waals surface area contributed by atoms with E-state index in [-0.39, 0.29) is 12.5 Å². The first kappa shape index (κ1) is 12.5. The fourth-order valence-electron chi connectivity index (χ4n) is 1.47. The monoisotopic (exact) mass is 273 g/mol. The van der Waals surface area contributed by atoms with Gasteiger partial charge in [-0.15, -0.1) is 0 Å². The minimum atomic E-state index is 0.122. The second-order valence-corrected chi connectivity index (χ2v) is 4.19. The normalized spacial score (nSPS) is 12.5. The molecule has 0 amide bonds. The summed E-state index contributed by atoms with van der Waals surface area (Å²) >= 11 is 3.43. The number of benzene rings is 1. The quantitative estimate of drug-likeness (QED) is 0.859. The van der Waals surface area contributed by atoms with Crippen LogP contribution < -0.4 is 10.1 Å². The van der Waals surface area contributed by atoms with E-state index in [9.17, 15) is 5.11 Å². The summed E-state index contributed by atoms with van der Waals surface area (Å²) in [5.41, 5.74) is 1.10. The highest BCUT2D eigenvalue weighted by Crippen LogP contribution is 2.28. The lowest BCUT2D eigenvalue weighted by Crippen LogP contribution is -2.20. The smallest absolute Gasteiger partial charge is 0.133 e. The number of aliphatic hydroxyl groups excluding tert-OH is 1. The summed E-state index contributed by atoms with van der Waals surface area (Å²) in [5, 5.41) is 12.3. The lowest BCUT2D eigenvalue weighted by Gasteiger charge is -2.15. The van der Waals surface area contributed by atoms with Crippen molar-refractivity contribution in [3.8, 4) is 5.75 Å². The molecule has 0 aliphatic heterocycles. The van der Waals surface area contributed by atoms with Crippen molar-refractivity contribution < 1.29 is 9.84 Å². The van der Waals surface area contributed by atoms with Gasteiger partial charge in [-0.2, -0.15) is 0 Å². The van der Waals surface area contributed by atoms with E-state index in [0.29, 0.717) is 0 Å². The second-order valence-electron chi connectivity index (χ2n) is 3.33. The number of ether oxygens (including phenoxy) is 1. The average Bonchev–Trinajstić information content (AvgIpc) is 2.25.